The van der Waals surface area contributed by atoms with Crippen LogP contribution in [0, 0.1) is 0 Å². The maximum atomic E-state index is 5.30. The van der Waals surface area contributed by atoms with Gasteiger partial charge in [0, 0.05) is 32.3 Å². The van der Waals surface area contributed by atoms with E-state index in [4.69, 9.17) is 9.15 Å². The lowest BCUT2D eigenvalue weighted by molar-refractivity contribution is 0.107. The van der Waals surface area contributed by atoms with E-state index in [-0.39, 0.29) is 0 Å². The Kier molecular flexibility index (Phi) is 2.66. The quantitative estimate of drug-likeness (QED) is 0.706. The second-order valence-electron chi connectivity index (χ2n) is 3.51. The molecule has 1 fully saturated rings. The van der Waals surface area contributed by atoms with Gasteiger partial charge in [-0.1, -0.05) is 0 Å². The van der Waals surface area contributed by atoms with E-state index in [0.717, 1.165) is 26.1 Å². The Labute approximate surface area is 78.3 Å². The SMILES string of the molecule is CO[C@H]1CCN(Cc2ccoc2)C1. The third kappa shape index (κ3) is 2.11. The zero-order valence-corrected chi connectivity index (χ0v) is 7.90. The summed E-state index contributed by atoms with van der Waals surface area (Å²) in [6.45, 7) is 3.15. The van der Waals surface area contributed by atoms with E-state index < -0.39 is 0 Å². The summed E-state index contributed by atoms with van der Waals surface area (Å²) in [6.07, 6.45) is 5.10. The van der Waals surface area contributed by atoms with E-state index in [0.29, 0.717) is 6.10 Å². The Hall–Kier alpha value is -0.800. The zero-order chi connectivity index (χ0) is 9.10. The molecule has 1 atom stereocenters. The normalized spacial score (nSPS) is 23.9. The molecule has 1 aliphatic rings. The Morgan fingerprint density at radius 3 is 3.23 bits per heavy atom. The van der Waals surface area contributed by atoms with Crippen LogP contribution in [0.2, 0.25) is 0 Å². The third-order valence-electron chi connectivity index (χ3n) is 2.55. The van der Waals surface area contributed by atoms with E-state index in [9.17, 15) is 0 Å². The number of nitrogens with zero attached hydrogens (tertiary/aromatic N) is 1. The van der Waals surface area contributed by atoms with Crippen molar-refractivity contribution in [1.82, 2.24) is 4.90 Å². The minimum Gasteiger partial charge on any atom is -0.472 e. The molecule has 0 spiro atoms. The monoisotopic (exact) mass is 181 g/mol. The molecule has 0 saturated carbocycles. The first kappa shape index (κ1) is 8.78. The lowest BCUT2D eigenvalue weighted by Gasteiger charge is -2.13. The lowest BCUT2D eigenvalue weighted by atomic mass is 10.3. The van der Waals surface area contributed by atoms with Gasteiger partial charge in [0.2, 0.25) is 0 Å². The number of methoxy groups -OCH3 is 1. The molecule has 0 amide bonds. The lowest BCUT2D eigenvalue weighted by Crippen LogP contribution is -2.22. The molecule has 0 bridgehead atoms. The minimum atomic E-state index is 0.423. The molecule has 1 aromatic heterocycles. The van der Waals surface area contributed by atoms with Crippen LogP contribution >= 0.6 is 0 Å². The largest absolute Gasteiger partial charge is 0.472 e. The number of hydrogen-bond acceptors (Lipinski definition) is 3. The number of rotatable bonds is 3. The Balaban J connectivity index is 1.84. The van der Waals surface area contributed by atoms with Gasteiger partial charge in [0.15, 0.2) is 0 Å². The second kappa shape index (κ2) is 3.94. The van der Waals surface area contributed by atoms with Gasteiger partial charge >= 0.3 is 0 Å². The van der Waals surface area contributed by atoms with Crippen LogP contribution in [0.3, 0.4) is 0 Å². The average molecular weight is 181 g/mol. The molecule has 0 aromatic carbocycles. The van der Waals surface area contributed by atoms with Crippen molar-refractivity contribution in [2.45, 2.75) is 19.1 Å². The van der Waals surface area contributed by atoms with Gasteiger partial charge in [0.25, 0.3) is 0 Å². The van der Waals surface area contributed by atoms with Crippen LogP contribution in [0.5, 0.6) is 0 Å². The molecule has 1 aliphatic heterocycles. The molecule has 1 aromatic rings. The van der Waals surface area contributed by atoms with Crippen LogP contribution in [0.15, 0.2) is 23.0 Å². The molecule has 1 saturated heterocycles. The first-order valence-electron chi connectivity index (χ1n) is 4.64. The summed E-state index contributed by atoms with van der Waals surface area (Å²) in [5.41, 5.74) is 1.25. The summed E-state index contributed by atoms with van der Waals surface area (Å²) in [5, 5.41) is 0. The van der Waals surface area contributed by atoms with Gasteiger partial charge in [0.1, 0.15) is 0 Å². The van der Waals surface area contributed by atoms with Gasteiger partial charge in [-0.15, -0.1) is 0 Å². The topological polar surface area (TPSA) is 25.6 Å². The molecule has 2 rings (SSSR count). The van der Waals surface area contributed by atoms with Crippen LogP contribution in [0.1, 0.15) is 12.0 Å². The van der Waals surface area contributed by atoms with Crippen molar-refractivity contribution in [3.8, 4) is 0 Å². The number of hydrogen-bond donors (Lipinski definition) is 0. The highest BCUT2D eigenvalue weighted by atomic mass is 16.5. The van der Waals surface area contributed by atoms with Crippen molar-refractivity contribution < 1.29 is 9.15 Å². The van der Waals surface area contributed by atoms with Gasteiger partial charge in [-0.25, -0.2) is 0 Å². The highest BCUT2D eigenvalue weighted by molar-refractivity contribution is 5.05. The molecular formula is C10H15NO2. The van der Waals surface area contributed by atoms with E-state index in [1.165, 1.54) is 5.56 Å². The molecule has 3 nitrogen and oxygen atoms in total. The number of likely N-dealkylation sites (tertiary alicyclic amines) is 1. The Morgan fingerprint density at radius 2 is 2.62 bits per heavy atom. The average Bonchev–Trinajstić information content (AvgIpc) is 2.76. The number of furan rings is 1. The van der Waals surface area contributed by atoms with E-state index >= 15 is 0 Å². The van der Waals surface area contributed by atoms with Gasteiger partial charge in [-0.3, -0.25) is 4.90 Å². The van der Waals surface area contributed by atoms with Gasteiger partial charge < -0.3 is 9.15 Å². The predicted octanol–water partition coefficient (Wildman–Crippen LogP) is 1.50. The third-order valence-corrected chi connectivity index (χ3v) is 2.55. The van der Waals surface area contributed by atoms with Crippen molar-refractivity contribution in [1.29, 1.82) is 0 Å². The molecule has 0 unspecified atom stereocenters. The molecule has 0 aliphatic carbocycles. The second-order valence-corrected chi connectivity index (χ2v) is 3.51. The smallest absolute Gasteiger partial charge is 0.0947 e. The fourth-order valence-corrected chi connectivity index (χ4v) is 1.77. The molecule has 72 valence electrons. The van der Waals surface area contributed by atoms with E-state index in [1.807, 2.05) is 6.07 Å². The number of ether oxygens (including phenoxy) is 1. The Bertz CT molecular complexity index is 245. The van der Waals surface area contributed by atoms with Gasteiger partial charge in [-0.05, 0) is 12.5 Å². The summed E-state index contributed by atoms with van der Waals surface area (Å²) < 4.78 is 10.3. The van der Waals surface area contributed by atoms with Crippen molar-refractivity contribution in [3.63, 3.8) is 0 Å². The van der Waals surface area contributed by atoms with Gasteiger partial charge in [-0.2, -0.15) is 0 Å². The molecule has 3 heteroatoms. The molecule has 2 heterocycles. The summed E-state index contributed by atoms with van der Waals surface area (Å²) in [7, 11) is 1.78. The summed E-state index contributed by atoms with van der Waals surface area (Å²) in [6, 6.07) is 2.01. The van der Waals surface area contributed by atoms with Crippen LogP contribution in [-0.4, -0.2) is 31.2 Å². The van der Waals surface area contributed by atoms with Crippen LogP contribution in [-0.2, 0) is 11.3 Å². The standard InChI is InChI=1S/C10H15NO2/c1-12-10-2-4-11(7-10)6-9-3-5-13-8-9/h3,5,8,10H,2,4,6-7H2,1H3/t10-/m0/s1. The minimum absolute atomic E-state index is 0.423. The maximum Gasteiger partial charge on any atom is 0.0947 e. The maximum absolute atomic E-state index is 5.30. The fourth-order valence-electron chi connectivity index (χ4n) is 1.77. The van der Waals surface area contributed by atoms with E-state index in [2.05, 4.69) is 4.90 Å². The summed E-state index contributed by atoms with van der Waals surface area (Å²) in [5.74, 6) is 0. The van der Waals surface area contributed by atoms with Crippen molar-refractivity contribution in [2.75, 3.05) is 20.2 Å². The van der Waals surface area contributed by atoms with Crippen molar-refractivity contribution in [2.24, 2.45) is 0 Å². The molecule has 13 heavy (non-hydrogen) atoms. The van der Waals surface area contributed by atoms with Crippen LogP contribution < -0.4 is 0 Å². The van der Waals surface area contributed by atoms with Crippen LogP contribution in [0.4, 0.5) is 0 Å². The molecule has 0 N–H and O–H groups in total. The summed E-state index contributed by atoms with van der Waals surface area (Å²) >= 11 is 0. The zero-order valence-electron chi connectivity index (χ0n) is 7.90. The predicted molar refractivity (Wildman–Crippen MR) is 49.4 cm³/mol. The highest BCUT2D eigenvalue weighted by Gasteiger charge is 2.21. The van der Waals surface area contributed by atoms with Crippen molar-refractivity contribution in [3.05, 3.63) is 24.2 Å². The first-order chi connectivity index (χ1) is 6.38. The van der Waals surface area contributed by atoms with Gasteiger partial charge in [0.05, 0.1) is 18.6 Å². The highest BCUT2D eigenvalue weighted by Crippen LogP contribution is 2.15. The van der Waals surface area contributed by atoms with E-state index in [1.54, 1.807) is 19.6 Å². The van der Waals surface area contributed by atoms with Crippen LogP contribution in [0.25, 0.3) is 0 Å². The molecule has 0 radical (unpaired) electrons. The summed E-state index contributed by atoms with van der Waals surface area (Å²) in [4.78, 5) is 2.39. The molecular weight excluding hydrogens is 166 g/mol. The Morgan fingerprint density at radius 1 is 1.69 bits per heavy atom. The fraction of sp³-hybridized carbons (Fsp3) is 0.600. The first-order valence-corrected chi connectivity index (χ1v) is 4.64. The van der Waals surface area contributed by atoms with Crippen molar-refractivity contribution >= 4 is 0 Å².